The van der Waals surface area contributed by atoms with Crippen LogP contribution in [0.5, 0.6) is 0 Å². The summed E-state index contributed by atoms with van der Waals surface area (Å²) >= 11 is 0. The minimum Gasteiger partial charge on any atom is -0.374 e. The van der Waals surface area contributed by atoms with E-state index in [2.05, 4.69) is 88.4 Å². The number of hydrogen-bond acceptors (Lipinski definition) is 6. The Kier molecular flexibility index (Phi) is 21.5. The van der Waals surface area contributed by atoms with Crippen molar-refractivity contribution in [1.29, 1.82) is 0 Å². The second-order valence-electron chi connectivity index (χ2n) is 15.9. The maximum Gasteiger partial charge on any atom is 0.160 e. The van der Waals surface area contributed by atoms with Gasteiger partial charge in [-0.2, -0.15) is 0 Å². The first-order chi connectivity index (χ1) is 26.5. The SMILES string of the molecule is CCCCCCCCCCCCCC[C@@H](OCc1ccccc1)[C@@H](OCc1ccccc1)[C@@H](N)CO[C@H]1OC(COCc2ccccc2)[C@H](C)[C@H](C)C1C. The van der Waals surface area contributed by atoms with Crippen molar-refractivity contribution in [3.63, 3.8) is 0 Å². The minimum atomic E-state index is -0.398. The van der Waals surface area contributed by atoms with Gasteiger partial charge < -0.3 is 29.4 Å². The third kappa shape index (κ3) is 16.3. The molecule has 0 saturated carbocycles. The van der Waals surface area contributed by atoms with E-state index in [0.29, 0.717) is 44.9 Å². The molecule has 3 aromatic carbocycles. The zero-order chi connectivity index (χ0) is 38.2. The van der Waals surface area contributed by atoms with Crippen molar-refractivity contribution in [2.45, 2.75) is 162 Å². The van der Waals surface area contributed by atoms with E-state index in [9.17, 15) is 0 Å². The Morgan fingerprint density at radius 1 is 0.574 bits per heavy atom. The Hall–Kier alpha value is -2.58. The molecule has 6 nitrogen and oxygen atoms in total. The number of ether oxygens (including phenoxy) is 5. The average Bonchev–Trinajstić information content (AvgIpc) is 3.20. The zero-order valence-corrected chi connectivity index (χ0v) is 34.1. The van der Waals surface area contributed by atoms with Gasteiger partial charge in [0.1, 0.15) is 6.10 Å². The lowest BCUT2D eigenvalue weighted by atomic mass is 9.79. The highest BCUT2D eigenvalue weighted by atomic mass is 16.7. The first-order valence-corrected chi connectivity index (χ1v) is 21.4. The lowest BCUT2D eigenvalue weighted by molar-refractivity contribution is -0.261. The van der Waals surface area contributed by atoms with Gasteiger partial charge in [-0.05, 0) is 34.9 Å². The highest BCUT2D eigenvalue weighted by molar-refractivity contribution is 5.15. The van der Waals surface area contributed by atoms with E-state index in [-0.39, 0.29) is 30.5 Å². The van der Waals surface area contributed by atoms with Crippen molar-refractivity contribution < 1.29 is 23.7 Å². The van der Waals surface area contributed by atoms with Crippen molar-refractivity contribution in [3.8, 4) is 0 Å². The molecule has 0 amide bonds. The molecule has 6 heteroatoms. The van der Waals surface area contributed by atoms with Crippen LogP contribution in [-0.4, -0.2) is 43.9 Å². The van der Waals surface area contributed by atoms with Crippen LogP contribution in [0.15, 0.2) is 91.0 Å². The largest absolute Gasteiger partial charge is 0.374 e. The van der Waals surface area contributed by atoms with Crippen LogP contribution in [0, 0.1) is 17.8 Å². The van der Waals surface area contributed by atoms with Crippen LogP contribution < -0.4 is 5.73 Å². The fourth-order valence-corrected chi connectivity index (χ4v) is 7.62. The number of benzene rings is 3. The number of hydrogen-bond donors (Lipinski definition) is 1. The first-order valence-electron chi connectivity index (χ1n) is 21.4. The van der Waals surface area contributed by atoms with Gasteiger partial charge in [-0.25, -0.2) is 0 Å². The van der Waals surface area contributed by atoms with Crippen molar-refractivity contribution in [3.05, 3.63) is 108 Å². The lowest BCUT2D eigenvalue weighted by Crippen LogP contribution is -2.52. The van der Waals surface area contributed by atoms with Gasteiger partial charge in [0.05, 0.1) is 51.3 Å². The lowest BCUT2D eigenvalue weighted by Gasteiger charge is -2.43. The minimum absolute atomic E-state index is 0.0565. The topological polar surface area (TPSA) is 72.2 Å². The summed E-state index contributed by atoms with van der Waals surface area (Å²) in [6.45, 7) is 11.5. The van der Waals surface area contributed by atoms with E-state index in [0.717, 1.165) is 29.5 Å². The van der Waals surface area contributed by atoms with Gasteiger partial charge in [0.2, 0.25) is 0 Å². The molecular formula is C48H73NO5. The van der Waals surface area contributed by atoms with Crippen molar-refractivity contribution >= 4 is 0 Å². The molecule has 1 aliphatic rings. The van der Waals surface area contributed by atoms with Crippen LogP contribution in [0.2, 0.25) is 0 Å². The number of nitrogens with two attached hydrogens (primary N) is 1. The summed E-state index contributed by atoms with van der Waals surface area (Å²) in [5.41, 5.74) is 10.5. The normalized spacial score (nSPS) is 21.8. The molecule has 0 aromatic heterocycles. The first kappa shape index (κ1) is 44.1. The molecule has 2 unspecified atom stereocenters. The van der Waals surface area contributed by atoms with Crippen molar-refractivity contribution in [1.82, 2.24) is 0 Å². The van der Waals surface area contributed by atoms with Crippen LogP contribution in [0.1, 0.15) is 128 Å². The summed E-state index contributed by atoms with van der Waals surface area (Å²) in [5, 5.41) is 0. The van der Waals surface area contributed by atoms with Gasteiger partial charge in [0.15, 0.2) is 6.29 Å². The molecule has 1 aliphatic heterocycles. The van der Waals surface area contributed by atoms with E-state index < -0.39 is 6.04 Å². The van der Waals surface area contributed by atoms with Gasteiger partial charge >= 0.3 is 0 Å². The van der Waals surface area contributed by atoms with Gasteiger partial charge in [0.25, 0.3) is 0 Å². The third-order valence-electron chi connectivity index (χ3n) is 11.6. The Morgan fingerprint density at radius 3 is 1.59 bits per heavy atom. The van der Waals surface area contributed by atoms with Gasteiger partial charge in [-0.3, -0.25) is 0 Å². The van der Waals surface area contributed by atoms with Crippen LogP contribution >= 0.6 is 0 Å². The summed E-state index contributed by atoms with van der Waals surface area (Å²) < 4.78 is 32.8. The van der Waals surface area contributed by atoms with Crippen molar-refractivity contribution in [2.75, 3.05) is 13.2 Å². The molecule has 4 rings (SSSR count). The van der Waals surface area contributed by atoms with Gasteiger partial charge in [0, 0.05) is 5.92 Å². The molecular weight excluding hydrogens is 671 g/mol. The molecule has 3 aromatic rings. The second kappa shape index (κ2) is 26.3. The summed E-state index contributed by atoms with van der Waals surface area (Å²) in [6, 6.07) is 30.7. The third-order valence-corrected chi connectivity index (χ3v) is 11.6. The molecule has 0 radical (unpaired) electrons. The summed E-state index contributed by atoms with van der Waals surface area (Å²) in [6.07, 6.45) is 15.8. The van der Waals surface area contributed by atoms with E-state index in [1.807, 2.05) is 30.3 Å². The molecule has 2 N–H and O–H groups in total. The molecule has 1 saturated heterocycles. The van der Waals surface area contributed by atoms with E-state index in [4.69, 9.17) is 29.4 Å². The maximum atomic E-state index is 7.08. The molecule has 1 heterocycles. The molecule has 1 fully saturated rings. The average molecular weight is 744 g/mol. The molecule has 0 bridgehead atoms. The predicted molar refractivity (Wildman–Crippen MR) is 222 cm³/mol. The molecule has 0 spiro atoms. The van der Waals surface area contributed by atoms with Crippen LogP contribution in [0.3, 0.4) is 0 Å². The standard InChI is InChI=1S/C48H73NO5/c1-5-6-7-8-9-10-11-12-13-14-15-25-32-45(51-34-42-28-21-17-22-29-42)47(52-35-43-30-23-18-24-31-43)44(49)36-53-48-40(4)38(2)39(3)46(54-48)37-50-33-41-26-19-16-20-27-41/h16-24,26-31,38-40,44-48H,5-15,25,32-37,49H2,1-4H3/t38-,39+,40?,44-,45+,46?,47-,48-/m0/s1. The second-order valence-corrected chi connectivity index (χ2v) is 15.9. The van der Waals surface area contributed by atoms with E-state index >= 15 is 0 Å². The summed E-state index contributed by atoms with van der Waals surface area (Å²) in [4.78, 5) is 0. The van der Waals surface area contributed by atoms with Gasteiger partial charge in [-0.1, -0.05) is 196 Å². The summed E-state index contributed by atoms with van der Waals surface area (Å²) in [7, 11) is 0. The Labute approximate surface area is 328 Å². The quantitative estimate of drug-likeness (QED) is 0.0747. The number of rotatable bonds is 28. The van der Waals surface area contributed by atoms with Crippen LogP contribution in [-0.2, 0) is 43.5 Å². The zero-order valence-electron chi connectivity index (χ0n) is 34.1. The summed E-state index contributed by atoms with van der Waals surface area (Å²) in [5.74, 6) is 0.966. The van der Waals surface area contributed by atoms with E-state index in [1.165, 1.54) is 70.6 Å². The highest BCUT2D eigenvalue weighted by Gasteiger charge is 2.40. The highest BCUT2D eigenvalue weighted by Crippen LogP contribution is 2.36. The van der Waals surface area contributed by atoms with E-state index in [1.54, 1.807) is 0 Å². The molecule has 0 aliphatic carbocycles. The number of unbranched alkanes of at least 4 members (excludes halogenated alkanes) is 11. The monoisotopic (exact) mass is 744 g/mol. The Balaban J connectivity index is 1.35. The fraction of sp³-hybridized carbons (Fsp3) is 0.625. The predicted octanol–water partition coefficient (Wildman–Crippen LogP) is 11.4. The smallest absolute Gasteiger partial charge is 0.160 e. The van der Waals surface area contributed by atoms with Gasteiger partial charge in [-0.15, -0.1) is 0 Å². The fourth-order valence-electron chi connectivity index (χ4n) is 7.62. The molecule has 54 heavy (non-hydrogen) atoms. The Bertz CT molecular complexity index is 1330. The maximum absolute atomic E-state index is 7.08. The Morgan fingerprint density at radius 2 is 1.06 bits per heavy atom. The van der Waals surface area contributed by atoms with Crippen LogP contribution in [0.4, 0.5) is 0 Å². The van der Waals surface area contributed by atoms with Crippen molar-refractivity contribution in [2.24, 2.45) is 23.5 Å². The molecule has 300 valence electrons. The molecule has 8 atom stereocenters. The van der Waals surface area contributed by atoms with Crippen LogP contribution in [0.25, 0.3) is 0 Å².